The van der Waals surface area contributed by atoms with Gasteiger partial charge in [0.25, 0.3) is 5.91 Å². The summed E-state index contributed by atoms with van der Waals surface area (Å²) in [5, 5.41) is 5.32. The number of piperazine rings is 2. The second kappa shape index (κ2) is 9.76. The van der Waals surface area contributed by atoms with Gasteiger partial charge < -0.3 is 28.5 Å². The van der Waals surface area contributed by atoms with E-state index in [2.05, 4.69) is 30.9 Å². The fourth-order valence-electron chi connectivity index (χ4n) is 6.44. The van der Waals surface area contributed by atoms with Crippen molar-refractivity contribution in [1.29, 1.82) is 0 Å². The SMILES string of the molecule is O=C1c2ccccc2-c2onc3c(N4CCN(c5ccccn5)CC4)cc(N4CCN(C(=O)c5ccco5)CC4)c1c23. The number of benzene rings is 2. The Bertz CT molecular complexity index is 1800. The Morgan fingerprint density at radius 1 is 0.762 bits per heavy atom. The monoisotopic (exact) mass is 560 g/mol. The van der Waals surface area contributed by atoms with E-state index in [1.807, 2.05) is 48.7 Å². The van der Waals surface area contributed by atoms with Crippen molar-refractivity contribution in [1.82, 2.24) is 15.0 Å². The topological polar surface area (TPSA) is 99.2 Å². The van der Waals surface area contributed by atoms with E-state index in [4.69, 9.17) is 8.94 Å². The second-order valence-corrected chi connectivity index (χ2v) is 10.8. The summed E-state index contributed by atoms with van der Waals surface area (Å²) >= 11 is 0. The molecule has 0 unspecified atom stereocenters. The van der Waals surface area contributed by atoms with E-state index in [1.54, 1.807) is 17.0 Å². The molecule has 2 saturated heterocycles. The normalized spacial score (nSPS) is 16.7. The first kappa shape index (κ1) is 24.7. The molecule has 5 heterocycles. The van der Waals surface area contributed by atoms with Gasteiger partial charge in [-0.25, -0.2) is 4.98 Å². The van der Waals surface area contributed by atoms with E-state index in [9.17, 15) is 9.59 Å². The summed E-state index contributed by atoms with van der Waals surface area (Å²) in [5.41, 5.74) is 4.55. The lowest BCUT2D eigenvalue weighted by Crippen LogP contribution is -2.49. The van der Waals surface area contributed by atoms with Crippen LogP contribution in [-0.2, 0) is 0 Å². The molecule has 0 atom stereocenters. The molecule has 10 heteroatoms. The molecule has 2 fully saturated rings. The van der Waals surface area contributed by atoms with Crippen LogP contribution in [0.25, 0.3) is 22.2 Å². The summed E-state index contributed by atoms with van der Waals surface area (Å²) in [5.74, 6) is 1.81. The van der Waals surface area contributed by atoms with Gasteiger partial charge in [0.1, 0.15) is 11.3 Å². The van der Waals surface area contributed by atoms with Crippen molar-refractivity contribution in [2.45, 2.75) is 0 Å². The van der Waals surface area contributed by atoms with Gasteiger partial charge >= 0.3 is 0 Å². The number of aromatic nitrogens is 2. The largest absolute Gasteiger partial charge is 0.459 e. The van der Waals surface area contributed by atoms with Crippen LogP contribution in [-0.4, -0.2) is 79.1 Å². The number of ketones is 1. The predicted molar refractivity (Wildman–Crippen MR) is 158 cm³/mol. The van der Waals surface area contributed by atoms with Crippen LogP contribution >= 0.6 is 0 Å². The first-order chi connectivity index (χ1) is 20.7. The van der Waals surface area contributed by atoms with E-state index < -0.39 is 0 Å². The van der Waals surface area contributed by atoms with Gasteiger partial charge in [-0.3, -0.25) is 9.59 Å². The van der Waals surface area contributed by atoms with Gasteiger partial charge in [0.15, 0.2) is 17.3 Å². The summed E-state index contributed by atoms with van der Waals surface area (Å²) in [6.45, 7) is 5.42. The average molecular weight is 561 g/mol. The lowest BCUT2D eigenvalue weighted by Gasteiger charge is -2.39. The van der Waals surface area contributed by atoms with E-state index in [0.717, 1.165) is 54.3 Å². The zero-order valence-corrected chi connectivity index (χ0v) is 22.9. The molecule has 0 saturated carbocycles. The summed E-state index contributed by atoms with van der Waals surface area (Å²) in [6, 6.07) is 19.1. The van der Waals surface area contributed by atoms with Crippen molar-refractivity contribution in [3.05, 3.63) is 90.0 Å². The average Bonchev–Trinajstić information content (AvgIpc) is 3.75. The summed E-state index contributed by atoms with van der Waals surface area (Å²) in [4.78, 5) is 40.2. The van der Waals surface area contributed by atoms with Crippen LogP contribution in [0.5, 0.6) is 0 Å². The van der Waals surface area contributed by atoms with E-state index in [1.165, 1.54) is 6.26 Å². The van der Waals surface area contributed by atoms with Crippen LogP contribution in [0.2, 0.25) is 0 Å². The Kier molecular flexibility index (Phi) is 5.73. The summed E-state index contributed by atoms with van der Waals surface area (Å²) in [7, 11) is 0. The van der Waals surface area contributed by atoms with E-state index >= 15 is 0 Å². The molecule has 1 aliphatic carbocycles. The fourth-order valence-corrected chi connectivity index (χ4v) is 6.44. The highest BCUT2D eigenvalue weighted by atomic mass is 16.5. The van der Waals surface area contributed by atoms with Crippen molar-refractivity contribution in [2.75, 3.05) is 67.1 Å². The number of hydrogen-bond donors (Lipinski definition) is 0. The number of amides is 1. The number of hydrogen-bond acceptors (Lipinski definition) is 9. The van der Waals surface area contributed by atoms with Crippen LogP contribution in [0.1, 0.15) is 26.5 Å². The number of rotatable bonds is 4. The number of nitrogens with zero attached hydrogens (tertiary/aromatic N) is 6. The molecular weight excluding hydrogens is 532 g/mol. The Morgan fingerprint density at radius 2 is 1.48 bits per heavy atom. The molecule has 42 heavy (non-hydrogen) atoms. The lowest BCUT2D eigenvalue weighted by molar-refractivity contribution is 0.0714. The van der Waals surface area contributed by atoms with Crippen LogP contribution in [0, 0.1) is 0 Å². The number of carbonyl (C=O) groups is 2. The molecule has 1 amide bonds. The zero-order valence-electron chi connectivity index (χ0n) is 22.9. The molecule has 5 aromatic rings. The third-order valence-electron chi connectivity index (χ3n) is 8.59. The zero-order chi connectivity index (χ0) is 28.2. The number of anilines is 3. The van der Waals surface area contributed by atoms with Crippen molar-refractivity contribution in [2.24, 2.45) is 0 Å². The highest BCUT2D eigenvalue weighted by Gasteiger charge is 2.36. The van der Waals surface area contributed by atoms with Gasteiger partial charge in [0, 0.05) is 69.7 Å². The third-order valence-corrected chi connectivity index (χ3v) is 8.59. The summed E-state index contributed by atoms with van der Waals surface area (Å²) < 4.78 is 11.3. The molecule has 3 aliphatic rings. The quantitative estimate of drug-likeness (QED) is 0.312. The number of carbonyl (C=O) groups excluding carboxylic acids is 2. The maximum Gasteiger partial charge on any atom is 0.289 e. The van der Waals surface area contributed by atoms with Crippen molar-refractivity contribution in [3.8, 4) is 11.3 Å². The molecule has 10 nitrogen and oxygen atoms in total. The standard InChI is InChI=1S/C32H28N6O4/c39-30-21-6-1-2-7-22(21)31-28-27(30)23(35-13-17-38(18-14-35)32(40)25-8-5-19-41-25)20-24(29(28)34-42-31)36-11-15-37(16-12-36)26-9-3-4-10-33-26/h1-10,19-20H,11-18H2. The molecule has 0 spiro atoms. The van der Waals surface area contributed by atoms with Gasteiger partial charge in [-0.05, 0) is 30.3 Å². The Labute approximate surface area is 241 Å². The molecule has 0 radical (unpaired) electrons. The van der Waals surface area contributed by atoms with E-state index in [0.29, 0.717) is 54.3 Å². The highest BCUT2D eigenvalue weighted by Crippen LogP contribution is 2.47. The van der Waals surface area contributed by atoms with Crippen LogP contribution in [0.4, 0.5) is 17.2 Å². The van der Waals surface area contributed by atoms with Gasteiger partial charge in [-0.1, -0.05) is 35.5 Å². The molecule has 2 aromatic carbocycles. The predicted octanol–water partition coefficient (Wildman–Crippen LogP) is 4.32. The smallest absolute Gasteiger partial charge is 0.289 e. The minimum absolute atomic E-state index is 0.0260. The molecule has 3 aromatic heterocycles. The number of furan rings is 1. The fraction of sp³-hybridized carbons (Fsp3) is 0.250. The maximum atomic E-state index is 14.1. The van der Waals surface area contributed by atoms with Gasteiger partial charge in [0.2, 0.25) is 0 Å². The van der Waals surface area contributed by atoms with Crippen LogP contribution in [0.15, 0.2) is 82.1 Å². The lowest BCUT2D eigenvalue weighted by atomic mass is 9.86. The minimum atomic E-state index is -0.116. The minimum Gasteiger partial charge on any atom is -0.459 e. The van der Waals surface area contributed by atoms with Gasteiger partial charge in [0.05, 0.1) is 28.6 Å². The molecular formula is C32H28N6O4. The van der Waals surface area contributed by atoms with Crippen LogP contribution < -0.4 is 14.7 Å². The molecule has 2 aliphatic heterocycles. The Morgan fingerprint density at radius 3 is 2.21 bits per heavy atom. The van der Waals surface area contributed by atoms with Gasteiger partial charge in [-0.15, -0.1) is 0 Å². The highest BCUT2D eigenvalue weighted by molar-refractivity contribution is 6.28. The van der Waals surface area contributed by atoms with E-state index in [-0.39, 0.29) is 11.7 Å². The van der Waals surface area contributed by atoms with Crippen molar-refractivity contribution < 1.29 is 18.5 Å². The number of pyridine rings is 1. The van der Waals surface area contributed by atoms with Crippen LogP contribution in [0.3, 0.4) is 0 Å². The second-order valence-electron chi connectivity index (χ2n) is 10.8. The first-order valence-corrected chi connectivity index (χ1v) is 14.3. The first-order valence-electron chi connectivity index (χ1n) is 14.3. The maximum absolute atomic E-state index is 14.1. The number of fused-ring (bicyclic) bond motifs is 2. The summed E-state index contributed by atoms with van der Waals surface area (Å²) in [6.07, 6.45) is 3.34. The molecule has 8 rings (SSSR count). The van der Waals surface area contributed by atoms with Crippen molar-refractivity contribution >= 4 is 39.8 Å². The Balaban J connectivity index is 1.17. The van der Waals surface area contributed by atoms with Crippen molar-refractivity contribution in [3.63, 3.8) is 0 Å². The molecule has 0 N–H and O–H groups in total. The molecule has 0 bridgehead atoms. The molecule has 210 valence electrons. The third kappa shape index (κ3) is 3.86. The Hall–Kier alpha value is -5.12. The van der Waals surface area contributed by atoms with Gasteiger partial charge in [-0.2, -0.15) is 0 Å².